The first kappa shape index (κ1) is 19.5. The van der Waals surface area contributed by atoms with Gasteiger partial charge in [0.2, 0.25) is 11.8 Å². The van der Waals surface area contributed by atoms with Gasteiger partial charge in [-0.05, 0) is 33.6 Å². The van der Waals surface area contributed by atoms with Crippen LogP contribution in [-0.4, -0.2) is 44.3 Å². The highest BCUT2D eigenvalue weighted by molar-refractivity contribution is 7.99. The van der Waals surface area contributed by atoms with Crippen molar-refractivity contribution in [1.29, 1.82) is 0 Å². The first-order valence-corrected chi connectivity index (χ1v) is 9.14. The van der Waals surface area contributed by atoms with E-state index in [1.807, 2.05) is 34.6 Å². The summed E-state index contributed by atoms with van der Waals surface area (Å²) >= 11 is 1.21. The van der Waals surface area contributed by atoms with E-state index in [0.717, 1.165) is 6.42 Å². The molecule has 1 heterocycles. The third-order valence-electron chi connectivity index (χ3n) is 3.98. The van der Waals surface area contributed by atoms with Gasteiger partial charge < -0.3 is 10.0 Å². The van der Waals surface area contributed by atoms with E-state index in [4.69, 9.17) is 0 Å². The van der Waals surface area contributed by atoms with Gasteiger partial charge in [0.25, 0.3) is 5.56 Å². The Balaban J connectivity index is 3.15. The van der Waals surface area contributed by atoms with E-state index in [0.29, 0.717) is 30.2 Å². The van der Waals surface area contributed by atoms with Crippen LogP contribution in [0.2, 0.25) is 0 Å². The van der Waals surface area contributed by atoms with Gasteiger partial charge in [0, 0.05) is 19.1 Å². The molecular weight excluding hydrogens is 314 g/mol. The maximum absolute atomic E-state index is 12.6. The minimum Gasteiger partial charge on any atom is -0.493 e. The van der Waals surface area contributed by atoms with Crippen LogP contribution in [0.25, 0.3) is 0 Å². The Morgan fingerprint density at radius 3 is 2.39 bits per heavy atom. The number of thioether (sulfide) groups is 1. The minimum atomic E-state index is -0.227. The second-order valence-electron chi connectivity index (χ2n) is 5.34. The normalized spacial score (nSPS) is 12.2. The lowest BCUT2D eigenvalue weighted by molar-refractivity contribution is -0.127. The summed E-state index contributed by atoms with van der Waals surface area (Å²) in [5.41, 5.74) is 0.108. The van der Waals surface area contributed by atoms with Gasteiger partial charge in [-0.25, -0.2) is 0 Å². The van der Waals surface area contributed by atoms with E-state index in [1.54, 1.807) is 9.47 Å². The van der Waals surface area contributed by atoms with Crippen molar-refractivity contribution in [3.05, 3.63) is 15.9 Å². The average molecular weight is 341 g/mol. The fraction of sp³-hybridized carbons (Fsp3) is 0.688. The first-order chi connectivity index (χ1) is 10.9. The molecule has 1 N–H and O–H groups in total. The fourth-order valence-electron chi connectivity index (χ4n) is 2.32. The molecule has 23 heavy (non-hydrogen) atoms. The van der Waals surface area contributed by atoms with Crippen LogP contribution in [0, 0.1) is 0 Å². The summed E-state index contributed by atoms with van der Waals surface area (Å²) in [5.74, 6) is -0.0195. The molecule has 6 nitrogen and oxygen atoms in total. The molecule has 0 unspecified atom stereocenters. The van der Waals surface area contributed by atoms with E-state index in [9.17, 15) is 14.7 Å². The first-order valence-electron chi connectivity index (χ1n) is 8.15. The highest BCUT2D eigenvalue weighted by Crippen LogP contribution is 2.24. The molecule has 1 aromatic heterocycles. The molecule has 0 saturated heterocycles. The minimum absolute atomic E-state index is 0.00371. The zero-order valence-corrected chi connectivity index (χ0v) is 15.4. The molecule has 0 fully saturated rings. The van der Waals surface area contributed by atoms with Crippen LogP contribution in [0.15, 0.2) is 9.95 Å². The van der Waals surface area contributed by atoms with Crippen molar-refractivity contribution in [1.82, 2.24) is 14.5 Å². The van der Waals surface area contributed by atoms with Crippen LogP contribution in [0.3, 0.4) is 0 Å². The van der Waals surface area contributed by atoms with Crippen LogP contribution >= 0.6 is 11.8 Å². The van der Waals surface area contributed by atoms with Crippen molar-refractivity contribution in [3.63, 3.8) is 0 Å². The smallest absolute Gasteiger partial charge is 0.261 e. The van der Waals surface area contributed by atoms with Crippen LogP contribution in [0.1, 0.15) is 52.6 Å². The van der Waals surface area contributed by atoms with E-state index in [2.05, 4.69) is 4.98 Å². The van der Waals surface area contributed by atoms with E-state index >= 15 is 0 Å². The lowest BCUT2D eigenvalue weighted by Gasteiger charge is -2.21. The monoisotopic (exact) mass is 341 g/mol. The van der Waals surface area contributed by atoms with Crippen molar-refractivity contribution in [3.8, 4) is 5.88 Å². The molecule has 0 spiro atoms. The second kappa shape index (κ2) is 8.96. The Labute approximate surface area is 141 Å². The van der Waals surface area contributed by atoms with Gasteiger partial charge >= 0.3 is 0 Å². The molecule has 0 aliphatic carbocycles. The van der Waals surface area contributed by atoms with Crippen molar-refractivity contribution in [2.24, 2.45) is 0 Å². The molecule has 0 radical (unpaired) electrons. The molecule has 1 rings (SSSR count). The van der Waals surface area contributed by atoms with E-state index in [-0.39, 0.29) is 29.1 Å². The van der Waals surface area contributed by atoms with Gasteiger partial charge in [0.1, 0.15) is 0 Å². The molecule has 0 aliphatic heterocycles. The van der Waals surface area contributed by atoms with Gasteiger partial charge in [0.15, 0.2) is 5.16 Å². The summed E-state index contributed by atoms with van der Waals surface area (Å²) in [5, 5.41) is 10.4. The number of hydrogen-bond donors (Lipinski definition) is 1. The number of amides is 1. The molecule has 0 aliphatic rings. The maximum Gasteiger partial charge on any atom is 0.261 e. The fourth-order valence-corrected chi connectivity index (χ4v) is 3.30. The van der Waals surface area contributed by atoms with Gasteiger partial charge in [-0.3, -0.25) is 14.2 Å². The number of nitrogens with zero attached hydrogens (tertiary/aromatic N) is 3. The molecule has 0 aromatic carbocycles. The number of carbonyl (C=O) groups excluding carboxylic acids is 1. The third-order valence-corrected chi connectivity index (χ3v) is 4.92. The largest absolute Gasteiger partial charge is 0.493 e. The zero-order valence-electron chi connectivity index (χ0n) is 14.6. The topological polar surface area (TPSA) is 75.4 Å². The van der Waals surface area contributed by atoms with Crippen LogP contribution < -0.4 is 5.56 Å². The maximum atomic E-state index is 12.6. The molecular formula is C16H27N3O3S. The Kier molecular flexibility index (Phi) is 7.61. The summed E-state index contributed by atoms with van der Waals surface area (Å²) in [6, 6.07) is -0.0352. The molecule has 1 atom stereocenters. The highest BCUT2D eigenvalue weighted by Gasteiger charge is 2.20. The quantitative estimate of drug-likeness (QED) is 0.580. The number of carbonyl (C=O) groups is 1. The Bertz CT molecular complexity index is 597. The van der Waals surface area contributed by atoms with Crippen molar-refractivity contribution in [2.45, 2.75) is 58.7 Å². The van der Waals surface area contributed by atoms with Gasteiger partial charge in [-0.1, -0.05) is 25.6 Å². The number of rotatable bonds is 8. The molecule has 0 bridgehead atoms. The predicted octanol–water partition coefficient (Wildman–Crippen LogP) is 2.44. The third kappa shape index (κ3) is 4.50. The molecule has 1 amide bonds. The number of aromatic nitrogens is 2. The molecule has 7 heteroatoms. The zero-order chi connectivity index (χ0) is 17.6. The van der Waals surface area contributed by atoms with Crippen molar-refractivity contribution < 1.29 is 9.90 Å². The number of hydrogen-bond acceptors (Lipinski definition) is 5. The van der Waals surface area contributed by atoms with E-state index < -0.39 is 0 Å². The van der Waals surface area contributed by atoms with E-state index in [1.165, 1.54) is 11.8 Å². The highest BCUT2D eigenvalue weighted by atomic mass is 32.2. The lowest BCUT2D eigenvalue weighted by Crippen LogP contribution is -2.33. The Morgan fingerprint density at radius 1 is 1.30 bits per heavy atom. The Morgan fingerprint density at radius 2 is 1.91 bits per heavy atom. The van der Waals surface area contributed by atoms with Crippen molar-refractivity contribution >= 4 is 17.7 Å². The Hall–Kier alpha value is -1.50. The SMILES string of the molecule is CCc1c(O)nc(SCC(=O)N(CC)CC)n([C@@H](C)CC)c1=O. The summed E-state index contributed by atoms with van der Waals surface area (Å²) < 4.78 is 1.60. The summed E-state index contributed by atoms with van der Waals surface area (Å²) in [4.78, 5) is 30.6. The molecule has 0 saturated carbocycles. The van der Waals surface area contributed by atoms with Gasteiger partial charge in [0.05, 0.1) is 11.3 Å². The van der Waals surface area contributed by atoms with Crippen LogP contribution in [-0.2, 0) is 11.2 Å². The summed E-state index contributed by atoms with van der Waals surface area (Å²) in [6.07, 6.45) is 1.20. The summed E-state index contributed by atoms with van der Waals surface area (Å²) in [7, 11) is 0. The van der Waals surface area contributed by atoms with Crippen molar-refractivity contribution in [2.75, 3.05) is 18.8 Å². The molecule has 130 valence electrons. The predicted molar refractivity (Wildman–Crippen MR) is 93.2 cm³/mol. The van der Waals surface area contributed by atoms with Crippen LogP contribution in [0.5, 0.6) is 5.88 Å². The standard InChI is InChI=1S/C16H27N3O3S/c1-6-11(5)19-15(22)12(7-2)14(21)17-16(19)23-10-13(20)18(8-3)9-4/h11,21H,6-10H2,1-5H3/t11-/m0/s1. The number of aromatic hydroxyl groups is 1. The lowest BCUT2D eigenvalue weighted by atomic mass is 10.2. The van der Waals surface area contributed by atoms with Crippen LogP contribution in [0.4, 0.5) is 0 Å². The van der Waals surface area contributed by atoms with Gasteiger partial charge in [-0.15, -0.1) is 0 Å². The second-order valence-corrected chi connectivity index (χ2v) is 6.28. The molecule has 1 aromatic rings. The van der Waals surface area contributed by atoms with Gasteiger partial charge in [-0.2, -0.15) is 4.98 Å². The average Bonchev–Trinajstić information content (AvgIpc) is 2.53. The summed E-state index contributed by atoms with van der Waals surface area (Å²) in [6.45, 7) is 10.9.